The van der Waals surface area contributed by atoms with Gasteiger partial charge < -0.3 is 15.8 Å². The molecular weight excluding hydrogens is 374 g/mol. The van der Waals surface area contributed by atoms with Gasteiger partial charge in [0.25, 0.3) is 0 Å². The van der Waals surface area contributed by atoms with Crippen molar-refractivity contribution in [2.45, 2.75) is 0 Å². The zero-order valence-corrected chi connectivity index (χ0v) is 16.0. The number of Topliss-reactive ketones (excluding diaryl/α,β-unsaturated/α-hetero) is 1. The number of hydrogen-bond acceptors (Lipinski definition) is 5. The first-order valence-corrected chi connectivity index (χ1v) is 9.14. The monoisotopic (exact) mass is 391 g/mol. The number of nitrogens with two attached hydrogens (primary N) is 1. The second-order valence-corrected chi connectivity index (χ2v) is 6.80. The Labute approximate surface area is 167 Å². The molecule has 0 atom stereocenters. The molecule has 6 heteroatoms. The highest BCUT2D eigenvalue weighted by atomic mass is 35.5. The predicted molar refractivity (Wildman–Crippen MR) is 114 cm³/mol. The maximum absolute atomic E-state index is 11.8. The van der Waals surface area contributed by atoms with Crippen molar-refractivity contribution in [3.63, 3.8) is 0 Å². The van der Waals surface area contributed by atoms with E-state index in [1.807, 2.05) is 48.5 Å². The van der Waals surface area contributed by atoms with E-state index in [0.717, 1.165) is 38.9 Å². The Bertz CT molecular complexity index is 1190. The van der Waals surface area contributed by atoms with Crippen LogP contribution >= 0.6 is 11.6 Å². The molecule has 28 heavy (non-hydrogen) atoms. The molecule has 5 nitrogen and oxygen atoms in total. The first kappa shape index (κ1) is 18.2. The molecule has 0 aliphatic carbocycles. The van der Waals surface area contributed by atoms with Gasteiger partial charge in [0.1, 0.15) is 5.75 Å². The lowest BCUT2D eigenvalue weighted by molar-refractivity contribution is 0.100. The molecule has 4 aromatic rings. The van der Waals surface area contributed by atoms with Crippen LogP contribution in [0.4, 0.5) is 11.4 Å². The highest BCUT2D eigenvalue weighted by molar-refractivity contribution is 6.31. The predicted octanol–water partition coefficient (Wildman–Crippen LogP) is 4.94. The number of ether oxygens (including phenoxy) is 1. The minimum Gasteiger partial charge on any atom is -0.497 e. The van der Waals surface area contributed by atoms with Crippen molar-refractivity contribution in [3.05, 3.63) is 71.2 Å². The Hall–Kier alpha value is -3.15. The molecule has 1 heterocycles. The molecule has 0 aliphatic heterocycles. The Kier molecular flexibility index (Phi) is 4.86. The van der Waals surface area contributed by atoms with Gasteiger partial charge in [0.2, 0.25) is 0 Å². The van der Waals surface area contributed by atoms with E-state index in [2.05, 4.69) is 5.32 Å². The van der Waals surface area contributed by atoms with Crippen molar-refractivity contribution in [3.8, 4) is 5.75 Å². The summed E-state index contributed by atoms with van der Waals surface area (Å²) >= 11 is 6.17. The van der Waals surface area contributed by atoms with E-state index in [9.17, 15) is 4.79 Å². The smallest absolute Gasteiger partial charge is 0.176 e. The summed E-state index contributed by atoms with van der Waals surface area (Å²) < 4.78 is 5.39. The Morgan fingerprint density at radius 1 is 1.04 bits per heavy atom. The molecule has 0 aliphatic rings. The number of carbonyl (C=O) groups excluding carboxylic acids is 1. The number of carbonyl (C=O) groups is 1. The van der Waals surface area contributed by atoms with E-state index in [0.29, 0.717) is 10.6 Å². The number of nitrogens with one attached hydrogen (secondary N) is 1. The van der Waals surface area contributed by atoms with E-state index >= 15 is 0 Å². The molecule has 0 radical (unpaired) electrons. The van der Waals surface area contributed by atoms with Crippen molar-refractivity contribution in [2.24, 2.45) is 5.73 Å². The average Bonchev–Trinajstić information content (AvgIpc) is 2.73. The molecule has 3 N–H and O–H groups in total. The number of methoxy groups -OCH3 is 1. The summed E-state index contributed by atoms with van der Waals surface area (Å²) in [5.74, 6) is 0.653. The second-order valence-electron chi connectivity index (χ2n) is 6.36. The lowest BCUT2D eigenvalue weighted by Crippen LogP contribution is -2.13. The van der Waals surface area contributed by atoms with Crippen molar-refractivity contribution < 1.29 is 9.53 Å². The van der Waals surface area contributed by atoms with Crippen molar-refractivity contribution in [2.75, 3.05) is 19.0 Å². The van der Waals surface area contributed by atoms with Crippen LogP contribution in [0.2, 0.25) is 5.02 Å². The van der Waals surface area contributed by atoms with Gasteiger partial charge in [0.05, 0.1) is 30.4 Å². The number of hydrogen-bond donors (Lipinski definition) is 2. The fraction of sp³-hybridized carbons (Fsp3) is 0.0909. The summed E-state index contributed by atoms with van der Waals surface area (Å²) in [6.45, 7) is -0.00699. The maximum atomic E-state index is 11.8. The van der Waals surface area contributed by atoms with E-state index in [-0.39, 0.29) is 12.3 Å². The molecule has 140 valence electrons. The maximum Gasteiger partial charge on any atom is 0.176 e. The number of benzene rings is 3. The quantitative estimate of drug-likeness (QED) is 0.372. The first-order chi connectivity index (χ1) is 13.6. The van der Waals surface area contributed by atoms with Crippen LogP contribution in [0.1, 0.15) is 10.4 Å². The summed E-state index contributed by atoms with van der Waals surface area (Å²) in [4.78, 5) is 16.5. The zero-order valence-electron chi connectivity index (χ0n) is 15.2. The molecule has 0 bridgehead atoms. The number of anilines is 2. The van der Waals surface area contributed by atoms with Crippen LogP contribution in [-0.4, -0.2) is 24.4 Å². The van der Waals surface area contributed by atoms with Crippen LogP contribution < -0.4 is 15.8 Å². The standard InChI is InChI=1S/C22H18ClN3O2/c1-28-16-7-9-19-18(11-16)22(17-8-4-14(23)10-20(17)26-19)25-15-5-2-13(3-6-15)21(27)12-24/h2-11H,12,24H2,1H3,(H,25,26). The third-order valence-electron chi connectivity index (χ3n) is 4.60. The zero-order chi connectivity index (χ0) is 19.7. The van der Waals surface area contributed by atoms with Crippen LogP contribution in [0.3, 0.4) is 0 Å². The highest BCUT2D eigenvalue weighted by Gasteiger charge is 2.12. The van der Waals surface area contributed by atoms with Gasteiger partial charge in [0, 0.05) is 27.0 Å². The fourth-order valence-electron chi connectivity index (χ4n) is 3.16. The summed E-state index contributed by atoms with van der Waals surface area (Å²) in [5, 5.41) is 5.96. The number of ketones is 1. The van der Waals surface area contributed by atoms with Crippen molar-refractivity contribution in [1.82, 2.24) is 4.98 Å². The van der Waals surface area contributed by atoms with Crippen molar-refractivity contribution >= 4 is 50.6 Å². The number of aromatic nitrogens is 1. The van der Waals surface area contributed by atoms with Gasteiger partial charge in [-0.3, -0.25) is 4.79 Å². The van der Waals surface area contributed by atoms with E-state index in [1.54, 1.807) is 19.2 Å². The average molecular weight is 392 g/mol. The normalized spacial score (nSPS) is 11.0. The van der Waals surface area contributed by atoms with Crippen LogP contribution in [-0.2, 0) is 0 Å². The number of pyridine rings is 1. The van der Waals surface area contributed by atoms with Gasteiger partial charge in [-0.15, -0.1) is 0 Å². The highest BCUT2D eigenvalue weighted by Crippen LogP contribution is 2.36. The minimum atomic E-state index is -0.0919. The Morgan fingerprint density at radius 2 is 1.82 bits per heavy atom. The molecule has 0 amide bonds. The molecule has 4 rings (SSSR count). The number of nitrogens with zero attached hydrogens (tertiary/aromatic N) is 1. The van der Waals surface area contributed by atoms with Crippen LogP contribution in [0.15, 0.2) is 60.7 Å². The first-order valence-electron chi connectivity index (χ1n) is 8.76. The van der Waals surface area contributed by atoms with Gasteiger partial charge in [-0.1, -0.05) is 11.6 Å². The second kappa shape index (κ2) is 7.46. The molecule has 0 saturated heterocycles. The Morgan fingerprint density at radius 3 is 2.54 bits per heavy atom. The molecular formula is C22H18ClN3O2. The van der Waals surface area contributed by atoms with Gasteiger partial charge in [0.15, 0.2) is 5.78 Å². The Balaban J connectivity index is 1.88. The largest absolute Gasteiger partial charge is 0.497 e. The fourth-order valence-corrected chi connectivity index (χ4v) is 3.33. The summed E-state index contributed by atoms with van der Waals surface area (Å²) in [6.07, 6.45) is 0. The number of rotatable bonds is 5. The van der Waals surface area contributed by atoms with E-state index in [1.165, 1.54) is 0 Å². The molecule has 0 saturated carbocycles. The summed E-state index contributed by atoms with van der Waals surface area (Å²) in [7, 11) is 1.63. The third kappa shape index (κ3) is 3.38. The molecule has 0 unspecified atom stereocenters. The van der Waals surface area contributed by atoms with Gasteiger partial charge in [-0.25, -0.2) is 4.98 Å². The minimum absolute atomic E-state index is 0.00699. The number of halogens is 1. The molecule has 0 spiro atoms. The van der Waals surface area contributed by atoms with Crippen LogP contribution in [0.25, 0.3) is 21.8 Å². The summed E-state index contributed by atoms with van der Waals surface area (Å²) in [5.41, 5.74) is 9.39. The van der Waals surface area contributed by atoms with Crippen LogP contribution in [0.5, 0.6) is 5.75 Å². The summed E-state index contributed by atoms with van der Waals surface area (Å²) in [6, 6.07) is 18.6. The molecule has 0 fully saturated rings. The number of fused-ring (bicyclic) bond motifs is 2. The lowest BCUT2D eigenvalue weighted by atomic mass is 10.1. The van der Waals surface area contributed by atoms with E-state index in [4.69, 9.17) is 27.1 Å². The van der Waals surface area contributed by atoms with Crippen LogP contribution in [0, 0.1) is 0 Å². The third-order valence-corrected chi connectivity index (χ3v) is 4.84. The topological polar surface area (TPSA) is 77.2 Å². The van der Waals surface area contributed by atoms with Gasteiger partial charge >= 0.3 is 0 Å². The van der Waals surface area contributed by atoms with Crippen molar-refractivity contribution in [1.29, 1.82) is 0 Å². The van der Waals surface area contributed by atoms with Gasteiger partial charge in [-0.2, -0.15) is 0 Å². The lowest BCUT2D eigenvalue weighted by Gasteiger charge is -2.14. The van der Waals surface area contributed by atoms with Gasteiger partial charge in [-0.05, 0) is 60.7 Å². The molecule has 1 aromatic heterocycles. The molecule has 3 aromatic carbocycles. The van der Waals surface area contributed by atoms with E-state index < -0.39 is 0 Å². The SMILES string of the molecule is COc1ccc2nc3cc(Cl)ccc3c(Nc3ccc(C(=O)CN)cc3)c2c1.